The zero-order chi connectivity index (χ0) is 18.1. The van der Waals surface area contributed by atoms with E-state index in [2.05, 4.69) is 34.2 Å². The first kappa shape index (κ1) is 16.4. The molecule has 130 valence electrons. The van der Waals surface area contributed by atoms with Gasteiger partial charge in [-0.25, -0.2) is 4.98 Å². The maximum absolute atomic E-state index is 12.6. The predicted molar refractivity (Wildman–Crippen MR) is 95.8 cm³/mol. The summed E-state index contributed by atoms with van der Waals surface area (Å²) in [4.78, 5) is 7.62. The quantitative estimate of drug-likeness (QED) is 0.493. The molecule has 0 saturated carbocycles. The van der Waals surface area contributed by atoms with Crippen molar-refractivity contribution in [3.63, 3.8) is 0 Å². The monoisotopic (exact) mass is 352 g/mol. The van der Waals surface area contributed by atoms with Gasteiger partial charge in [0.15, 0.2) is 0 Å². The van der Waals surface area contributed by atoms with Gasteiger partial charge in [0, 0.05) is 12.0 Å². The van der Waals surface area contributed by atoms with Crippen molar-refractivity contribution in [2.75, 3.05) is 0 Å². The van der Waals surface area contributed by atoms with Crippen molar-refractivity contribution in [2.24, 2.45) is 0 Å². The molecule has 1 heterocycles. The van der Waals surface area contributed by atoms with Crippen LogP contribution in [0.1, 0.15) is 17.0 Å². The average molecular weight is 352 g/mol. The molecule has 0 spiro atoms. The van der Waals surface area contributed by atoms with Gasteiger partial charge in [-0.3, -0.25) is 0 Å². The Kier molecular flexibility index (Phi) is 3.99. The zero-order valence-corrected chi connectivity index (χ0v) is 13.7. The molecule has 0 unspecified atom stereocenters. The van der Waals surface area contributed by atoms with E-state index < -0.39 is 11.7 Å². The number of nitrogens with zero attached hydrogens (tertiary/aromatic N) is 1. The van der Waals surface area contributed by atoms with Crippen molar-refractivity contribution in [3.05, 3.63) is 89.9 Å². The van der Waals surface area contributed by atoms with Gasteiger partial charge in [0.1, 0.15) is 5.82 Å². The highest BCUT2D eigenvalue weighted by molar-refractivity contribution is 5.86. The number of hydrogen-bond acceptors (Lipinski definition) is 1. The van der Waals surface area contributed by atoms with Crippen molar-refractivity contribution < 1.29 is 13.2 Å². The lowest BCUT2D eigenvalue weighted by molar-refractivity contribution is -0.137. The average Bonchev–Trinajstić information content (AvgIpc) is 3.09. The lowest BCUT2D eigenvalue weighted by atomic mass is 10.1. The number of aromatic amines is 1. The molecular weight excluding hydrogens is 337 g/mol. The molecule has 0 amide bonds. The van der Waals surface area contributed by atoms with Crippen LogP contribution in [-0.2, 0) is 12.6 Å². The molecule has 0 fully saturated rings. The molecule has 0 saturated heterocycles. The number of halogens is 3. The minimum atomic E-state index is -4.31. The van der Waals surface area contributed by atoms with Gasteiger partial charge in [0.25, 0.3) is 0 Å². The van der Waals surface area contributed by atoms with Gasteiger partial charge in [0.2, 0.25) is 0 Å². The first-order valence-electron chi connectivity index (χ1n) is 8.18. The normalized spacial score (nSPS) is 11.8. The summed E-state index contributed by atoms with van der Waals surface area (Å²) < 4.78 is 37.9. The molecule has 3 aromatic carbocycles. The van der Waals surface area contributed by atoms with E-state index in [1.165, 1.54) is 17.5 Å². The Bertz CT molecular complexity index is 1050. The number of benzene rings is 3. The molecule has 4 rings (SSSR count). The number of imidazole rings is 1. The lowest BCUT2D eigenvalue weighted by Gasteiger charge is -2.07. The smallest absolute Gasteiger partial charge is 0.342 e. The molecule has 5 heteroatoms. The fraction of sp³-hybridized carbons (Fsp3) is 0.0952. The van der Waals surface area contributed by atoms with E-state index >= 15 is 0 Å². The van der Waals surface area contributed by atoms with Crippen molar-refractivity contribution in [3.8, 4) is 11.3 Å². The van der Waals surface area contributed by atoms with Crippen molar-refractivity contribution in [1.82, 2.24) is 9.97 Å². The lowest BCUT2D eigenvalue weighted by Crippen LogP contribution is -2.04. The Labute approximate surface area is 148 Å². The van der Waals surface area contributed by atoms with Gasteiger partial charge in [-0.1, -0.05) is 48.5 Å². The largest absolute Gasteiger partial charge is 0.416 e. The Balaban J connectivity index is 1.55. The molecular formula is C21H15F3N2. The number of rotatable bonds is 3. The fourth-order valence-corrected chi connectivity index (χ4v) is 2.96. The topological polar surface area (TPSA) is 28.7 Å². The molecule has 0 atom stereocenters. The van der Waals surface area contributed by atoms with E-state index in [0.717, 1.165) is 34.3 Å². The molecule has 1 aromatic heterocycles. The molecule has 1 N–H and O–H groups in total. The molecule has 0 aliphatic rings. The van der Waals surface area contributed by atoms with Gasteiger partial charge in [-0.05, 0) is 34.5 Å². The first-order valence-corrected chi connectivity index (χ1v) is 8.18. The Morgan fingerprint density at radius 3 is 2.31 bits per heavy atom. The van der Waals surface area contributed by atoms with Gasteiger partial charge in [-0.15, -0.1) is 0 Å². The summed E-state index contributed by atoms with van der Waals surface area (Å²) in [5, 5.41) is 2.31. The molecule has 4 aromatic rings. The van der Waals surface area contributed by atoms with Crippen LogP contribution in [0.15, 0.2) is 72.9 Å². The van der Waals surface area contributed by atoms with E-state index in [1.807, 2.05) is 18.2 Å². The van der Waals surface area contributed by atoms with Crippen LogP contribution in [0.5, 0.6) is 0 Å². The second kappa shape index (κ2) is 6.33. The Morgan fingerprint density at radius 2 is 1.58 bits per heavy atom. The molecule has 2 nitrogen and oxygen atoms in total. The third-order valence-corrected chi connectivity index (χ3v) is 4.34. The second-order valence-electron chi connectivity index (χ2n) is 6.18. The minimum absolute atomic E-state index is 0.450. The summed E-state index contributed by atoms with van der Waals surface area (Å²) in [5.74, 6) is 0.716. The summed E-state index contributed by atoms with van der Waals surface area (Å²) in [6.07, 6.45) is -2.11. The van der Waals surface area contributed by atoms with E-state index in [4.69, 9.17) is 0 Å². The highest BCUT2D eigenvalue weighted by Crippen LogP contribution is 2.29. The Hall–Kier alpha value is -3.08. The van der Waals surface area contributed by atoms with Gasteiger partial charge < -0.3 is 4.98 Å². The third kappa shape index (κ3) is 3.33. The summed E-state index contributed by atoms with van der Waals surface area (Å²) in [6.45, 7) is 0. The number of nitrogens with one attached hydrogen (secondary N) is 1. The molecule has 26 heavy (non-hydrogen) atoms. The SMILES string of the molecule is FC(F)(F)c1ccc(Cc2ncc(-c3ccc4ccccc4c3)[nH]2)cc1. The van der Waals surface area contributed by atoms with Crippen LogP contribution in [0.4, 0.5) is 13.2 Å². The highest BCUT2D eigenvalue weighted by atomic mass is 19.4. The van der Waals surface area contributed by atoms with Gasteiger partial charge >= 0.3 is 6.18 Å². The minimum Gasteiger partial charge on any atom is -0.342 e. The number of aromatic nitrogens is 2. The standard InChI is InChI=1S/C21H15F3N2/c22-21(23,24)18-9-5-14(6-10-18)11-20-25-13-19(26-20)17-8-7-15-3-1-2-4-16(15)12-17/h1-10,12-13H,11H2,(H,25,26). The molecule has 0 aliphatic heterocycles. The second-order valence-corrected chi connectivity index (χ2v) is 6.18. The summed E-state index contributed by atoms with van der Waals surface area (Å²) in [7, 11) is 0. The van der Waals surface area contributed by atoms with Crippen LogP contribution in [0, 0.1) is 0 Å². The third-order valence-electron chi connectivity index (χ3n) is 4.34. The van der Waals surface area contributed by atoms with Crippen LogP contribution in [-0.4, -0.2) is 9.97 Å². The molecule has 0 radical (unpaired) electrons. The molecule has 0 bridgehead atoms. The van der Waals surface area contributed by atoms with E-state index in [9.17, 15) is 13.2 Å². The molecule has 0 aliphatic carbocycles. The highest BCUT2D eigenvalue weighted by Gasteiger charge is 2.29. The fourth-order valence-electron chi connectivity index (χ4n) is 2.96. The van der Waals surface area contributed by atoms with Crippen molar-refractivity contribution in [2.45, 2.75) is 12.6 Å². The number of hydrogen-bond donors (Lipinski definition) is 1. The van der Waals surface area contributed by atoms with Crippen LogP contribution in [0.2, 0.25) is 0 Å². The van der Waals surface area contributed by atoms with E-state index in [1.54, 1.807) is 6.20 Å². The van der Waals surface area contributed by atoms with Crippen molar-refractivity contribution >= 4 is 10.8 Å². The maximum atomic E-state index is 12.6. The van der Waals surface area contributed by atoms with Gasteiger partial charge in [0.05, 0.1) is 17.5 Å². The summed E-state index contributed by atoms with van der Waals surface area (Å²) in [6, 6.07) is 19.5. The summed E-state index contributed by atoms with van der Waals surface area (Å²) in [5.41, 5.74) is 2.04. The number of alkyl halides is 3. The van der Waals surface area contributed by atoms with Crippen LogP contribution < -0.4 is 0 Å². The van der Waals surface area contributed by atoms with Crippen molar-refractivity contribution in [1.29, 1.82) is 0 Å². The Morgan fingerprint density at radius 1 is 0.846 bits per heavy atom. The number of H-pyrrole nitrogens is 1. The first-order chi connectivity index (χ1) is 12.5. The van der Waals surface area contributed by atoms with Gasteiger partial charge in [-0.2, -0.15) is 13.2 Å². The predicted octanol–water partition coefficient (Wildman–Crippen LogP) is 5.84. The summed E-state index contributed by atoms with van der Waals surface area (Å²) >= 11 is 0. The van der Waals surface area contributed by atoms with E-state index in [0.29, 0.717) is 12.2 Å². The zero-order valence-electron chi connectivity index (χ0n) is 13.7. The van der Waals surface area contributed by atoms with Crippen LogP contribution >= 0.6 is 0 Å². The number of fused-ring (bicyclic) bond motifs is 1. The van der Waals surface area contributed by atoms with E-state index in [-0.39, 0.29) is 0 Å². The van der Waals surface area contributed by atoms with Crippen LogP contribution in [0.25, 0.3) is 22.0 Å². The maximum Gasteiger partial charge on any atom is 0.416 e. The van der Waals surface area contributed by atoms with Crippen LogP contribution in [0.3, 0.4) is 0 Å².